The third-order valence-corrected chi connectivity index (χ3v) is 8.58. The van der Waals surface area contributed by atoms with Crippen LogP contribution >= 0.6 is 15.9 Å². The van der Waals surface area contributed by atoms with Gasteiger partial charge in [-0.3, -0.25) is 4.79 Å². The Morgan fingerprint density at radius 2 is 1.10 bits per heavy atom. The van der Waals surface area contributed by atoms with Gasteiger partial charge in [0.25, 0.3) is 5.91 Å². The summed E-state index contributed by atoms with van der Waals surface area (Å²) < 4.78 is 0.940. The van der Waals surface area contributed by atoms with Crippen LogP contribution in [-0.4, -0.2) is 5.91 Å². The maximum atomic E-state index is 13.1. The van der Waals surface area contributed by atoms with Crippen LogP contribution in [0.25, 0.3) is 22.3 Å². The number of carbonyl (C=O) groups excluding carboxylic acids is 1. The predicted octanol–water partition coefficient (Wildman–Crippen LogP) is 9.73. The van der Waals surface area contributed by atoms with Crippen LogP contribution in [0.5, 0.6) is 0 Å². The van der Waals surface area contributed by atoms with Crippen LogP contribution in [-0.2, 0) is 5.41 Å². The zero-order valence-corrected chi connectivity index (χ0v) is 23.8. The Labute approximate surface area is 248 Å². The molecule has 0 spiro atoms. The summed E-state index contributed by atoms with van der Waals surface area (Å²) in [6.45, 7) is 0. The molecule has 0 heterocycles. The van der Waals surface area contributed by atoms with Gasteiger partial charge in [-0.25, -0.2) is 0 Å². The summed E-state index contributed by atoms with van der Waals surface area (Å²) in [5, 5.41) is 3.15. The van der Waals surface area contributed by atoms with Crippen molar-refractivity contribution in [2.75, 3.05) is 5.32 Å². The Bertz CT molecular complexity index is 1840. The van der Waals surface area contributed by atoms with E-state index in [4.69, 9.17) is 0 Å². The van der Waals surface area contributed by atoms with Gasteiger partial charge in [0.15, 0.2) is 0 Å². The van der Waals surface area contributed by atoms with E-state index >= 15 is 0 Å². The smallest absolute Gasteiger partial charge is 0.255 e. The second-order valence-electron chi connectivity index (χ2n) is 10.3. The number of hydrogen-bond donors (Lipinski definition) is 1. The van der Waals surface area contributed by atoms with Crippen molar-refractivity contribution >= 4 is 27.5 Å². The van der Waals surface area contributed by atoms with E-state index in [-0.39, 0.29) is 5.91 Å². The molecule has 0 unspecified atom stereocenters. The number of benzene rings is 6. The number of fused-ring (bicyclic) bond motifs is 3. The number of nitrogens with one attached hydrogen (secondary N) is 1. The average Bonchev–Trinajstić information content (AvgIpc) is 3.33. The first kappa shape index (κ1) is 25.3. The Hall–Kier alpha value is -4.73. The van der Waals surface area contributed by atoms with Crippen molar-refractivity contribution in [1.82, 2.24) is 0 Å². The predicted molar refractivity (Wildman–Crippen MR) is 171 cm³/mol. The van der Waals surface area contributed by atoms with Crippen LogP contribution in [0, 0.1) is 0 Å². The molecular weight excluding hydrogens is 566 g/mol. The monoisotopic (exact) mass is 591 g/mol. The number of amides is 1. The van der Waals surface area contributed by atoms with Crippen LogP contribution in [0.15, 0.2) is 156 Å². The largest absolute Gasteiger partial charge is 0.321 e. The minimum Gasteiger partial charge on any atom is -0.321 e. The van der Waals surface area contributed by atoms with E-state index in [0.717, 1.165) is 21.3 Å². The minimum absolute atomic E-state index is 0.136. The van der Waals surface area contributed by atoms with Gasteiger partial charge in [0.1, 0.15) is 0 Å². The fraction of sp³-hybridized carbons (Fsp3) is 0.0263. The molecule has 0 radical (unpaired) electrons. The zero-order chi connectivity index (χ0) is 27.8. The van der Waals surface area contributed by atoms with Gasteiger partial charge in [0.05, 0.1) is 5.41 Å². The number of halogens is 1. The van der Waals surface area contributed by atoms with E-state index in [1.807, 2.05) is 42.5 Å². The van der Waals surface area contributed by atoms with Crippen molar-refractivity contribution in [2.24, 2.45) is 0 Å². The molecule has 0 aliphatic heterocycles. The minimum atomic E-state index is -0.428. The number of para-hydroxylation sites is 1. The molecule has 0 bridgehead atoms. The van der Waals surface area contributed by atoms with Crippen molar-refractivity contribution in [2.45, 2.75) is 5.41 Å². The topological polar surface area (TPSA) is 29.1 Å². The summed E-state index contributed by atoms with van der Waals surface area (Å²) in [5.41, 5.74) is 10.5. The quantitative estimate of drug-likeness (QED) is 0.212. The average molecular weight is 593 g/mol. The molecule has 6 aromatic rings. The first-order valence-electron chi connectivity index (χ1n) is 13.7. The molecule has 2 nitrogen and oxygen atoms in total. The maximum absolute atomic E-state index is 13.1. The van der Waals surface area contributed by atoms with Gasteiger partial charge in [0.2, 0.25) is 0 Å². The van der Waals surface area contributed by atoms with Gasteiger partial charge in [0, 0.05) is 21.3 Å². The van der Waals surface area contributed by atoms with Crippen LogP contribution in [0.4, 0.5) is 5.69 Å². The molecule has 3 heteroatoms. The Morgan fingerprint density at radius 1 is 0.537 bits per heavy atom. The van der Waals surface area contributed by atoms with Crippen molar-refractivity contribution in [3.63, 3.8) is 0 Å². The van der Waals surface area contributed by atoms with Gasteiger partial charge in [-0.05, 0) is 75.3 Å². The zero-order valence-electron chi connectivity index (χ0n) is 22.2. The second-order valence-corrected chi connectivity index (χ2v) is 11.2. The Kier molecular flexibility index (Phi) is 6.37. The van der Waals surface area contributed by atoms with E-state index in [0.29, 0.717) is 5.56 Å². The van der Waals surface area contributed by atoms with Crippen molar-refractivity contribution in [3.05, 3.63) is 184 Å². The molecule has 1 aliphatic carbocycles. The number of anilines is 1. The molecule has 1 aliphatic rings. The Morgan fingerprint density at radius 3 is 1.78 bits per heavy atom. The lowest BCUT2D eigenvalue weighted by Gasteiger charge is -2.33. The van der Waals surface area contributed by atoms with E-state index < -0.39 is 5.41 Å². The molecule has 41 heavy (non-hydrogen) atoms. The van der Waals surface area contributed by atoms with E-state index in [1.54, 1.807) is 0 Å². The van der Waals surface area contributed by atoms with E-state index in [1.165, 1.54) is 33.4 Å². The maximum Gasteiger partial charge on any atom is 0.255 e. The van der Waals surface area contributed by atoms with Crippen molar-refractivity contribution in [3.8, 4) is 22.3 Å². The van der Waals surface area contributed by atoms with Gasteiger partial charge < -0.3 is 5.32 Å². The molecule has 1 N–H and O–H groups in total. The lowest BCUT2D eigenvalue weighted by Crippen LogP contribution is -2.28. The molecule has 0 aromatic heterocycles. The summed E-state index contributed by atoms with van der Waals surface area (Å²) in [6, 6.07) is 52.5. The van der Waals surface area contributed by atoms with Gasteiger partial charge in [-0.15, -0.1) is 0 Å². The second kappa shape index (κ2) is 10.3. The first-order valence-corrected chi connectivity index (χ1v) is 14.5. The highest BCUT2D eigenvalue weighted by molar-refractivity contribution is 9.10. The van der Waals surface area contributed by atoms with Crippen LogP contribution < -0.4 is 5.32 Å². The van der Waals surface area contributed by atoms with Crippen LogP contribution in [0.3, 0.4) is 0 Å². The number of rotatable bonds is 5. The normalized spacial score (nSPS) is 12.8. The highest BCUT2D eigenvalue weighted by Crippen LogP contribution is 2.56. The highest BCUT2D eigenvalue weighted by atomic mass is 79.9. The van der Waals surface area contributed by atoms with E-state index in [2.05, 4.69) is 130 Å². The lowest BCUT2D eigenvalue weighted by molar-refractivity contribution is 0.102. The molecule has 0 saturated carbocycles. The molecule has 1 amide bonds. The van der Waals surface area contributed by atoms with Crippen LogP contribution in [0.1, 0.15) is 32.6 Å². The van der Waals surface area contributed by atoms with Crippen LogP contribution in [0.2, 0.25) is 0 Å². The summed E-state index contributed by atoms with van der Waals surface area (Å²) in [4.78, 5) is 13.1. The molecule has 196 valence electrons. The molecule has 7 rings (SSSR count). The first-order chi connectivity index (χ1) is 20.2. The lowest BCUT2D eigenvalue weighted by atomic mass is 9.67. The summed E-state index contributed by atoms with van der Waals surface area (Å²) in [6.07, 6.45) is 0. The van der Waals surface area contributed by atoms with Gasteiger partial charge in [-0.2, -0.15) is 0 Å². The summed E-state index contributed by atoms with van der Waals surface area (Å²) >= 11 is 3.45. The molecule has 0 atom stereocenters. The SMILES string of the molecule is O=C(Nc1ccccc1-c1ccc2c(c1)-c1ccccc1C2(c1ccccc1)c1ccccc1)c1ccc(Br)cc1. The fourth-order valence-electron chi connectivity index (χ4n) is 6.26. The Balaban J connectivity index is 1.39. The fourth-order valence-corrected chi connectivity index (χ4v) is 6.52. The number of hydrogen-bond acceptors (Lipinski definition) is 1. The van der Waals surface area contributed by atoms with Crippen molar-refractivity contribution < 1.29 is 4.79 Å². The van der Waals surface area contributed by atoms with E-state index in [9.17, 15) is 4.79 Å². The van der Waals surface area contributed by atoms with Crippen molar-refractivity contribution in [1.29, 1.82) is 0 Å². The third-order valence-electron chi connectivity index (χ3n) is 8.05. The highest BCUT2D eigenvalue weighted by Gasteiger charge is 2.45. The molecular formula is C38H26BrNO. The molecule has 0 saturated heterocycles. The standard InChI is InChI=1S/C38H26BrNO/c39-30-22-19-26(20-23-30)37(41)40-36-18-10-8-15-31(36)27-21-24-35-33(25-27)32-16-7-9-17-34(32)38(35,28-11-3-1-4-12-28)29-13-5-2-6-14-29/h1-25H,(H,40,41). The summed E-state index contributed by atoms with van der Waals surface area (Å²) in [7, 11) is 0. The molecule has 0 fully saturated rings. The molecule has 6 aromatic carbocycles. The van der Waals surface area contributed by atoms with Gasteiger partial charge in [-0.1, -0.05) is 131 Å². The summed E-state index contributed by atoms with van der Waals surface area (Å²) in [5.74, 6) is -0.136. The third kappa shape index (κ3) is 4.21. The number of carbonyl (C=O) groups is 1. The van der Waals surface area contributed by atoms with Gasteiger partial charge >= 0.3 is 0 Å².